The van der Waals surface area contributed by atoms with E-state index in [-0.39, 0.29) is 17.0 Å². The average molecular weight is 361 g/mol. The van der Waals surface area contributed by atoms with Crippen LogP contribution in [0.25, 0.3) is 28.3 Å². The van der Waals surface area contributed by atoms with Crippen molar-refractivity contribution < 1.29 is 4.42 Å². The SMILES string of the molecule is Cn1c(=O)[nH]c(=O)c2c1nc1oc(-c3ccc(Br)cc3)cn12. The molecule has 4 rings (SSSR count). The van der Waals surface area contributed by atoms with Crippen LogP contribution >= 0.6 is 15.9 Å². The van der Waals surface area contributed by atoms with Gasteiger partial charge >= 0.3 is 11.5 Å². The number of fused-ring (bicyclic) bond motifs is 3. The highest BCUT2D eigenvalue weighted by molar-refractivity contribution is 9.10. The number of halogens is 1. The molecule has 1 N–H and O–H groups in total. The monoisotopic (exact) mass is 360 g/mol. The van der Waals surface area contributed by atoms with E-state index in [2.05, 4.69) is 25.9 Å². The first-order chi connectivity index (χ1) is 10.5. The highest BCUT2D eigenvalue weighted by atomic mass is 79.9. The molecule has 1 aromatic carbocycles. The lowest BCUT2D eigenvalue weighted by Gasteiger charge is -1.97. The number of hydrogen-bond donors (Lipinski definition) is 1. The Labute approximate surface area is 131 Å². The third-order valence-corrected chi connectivity index (χ3v) is 4.02. The molecule has 0 amide bonds. The Bertz CT molecular complexity index is 1130. The number of oxazole rings is 1. The largest absolute Gasteiger partial charge is 0.423 e. The molecule has 0 saturated carbocycles. The molecular weight excluding hydrogens is 352 g/mol. The molecule has 3 heterocycles. The van der Waals surface area contributed by atoms with Crippen molar-refractivity contribution in [3.05, 3.63) is 55.8 Å². The van der Waals surface area contributed by atoms with Gasteiger partial charge in [-0.25, -0.2) is 4.79 Å². The van der Waals surface area contributed by atoms with Crippen molar-refractivity contribution in [3.8, 4) is 11.3 Å². The van der Waals surface area contributed by atoms with Crippen LogP contribution in [0.4, 0.5) is 0 Å². The van der Waals surface area contributed by atoms with E-state index < -0.39 is 11.2 Å². The summed E-state index contributed by atoms with van der Waals surface area (Å²) in [5.74, 6) is 0.852. The van der Waals surface area contributed by atoms with Gasteiger partial charge in [0, 0.05) is 17.1 Å². The first-order valence-electron chi connectivity index (χ1n) is 6.41. The number of aryl methyl sites for hydroxylation is 1. The number of aromatic amines is 1. The number of H-pyrrole nitrogens is 1. The smallest absolute Gasteiger partial charge is 0.329 e. The summed E-state index contributed by atoms with van der Waals surface area (Å²) in [7, 11) is 1.54. The molecule has 7 nitrogen and oxygen atoms in total. The number of imidazole rings is 1. The molecule has 0 aliphatic carbocycles. The average Bonchev–Trinajstić information content (AvgIpc) is 3.03. The van der Waals surface area contributed by atoms with Gasteiger partial charge in [0.05, 0.1) is 6.20 Å². The summed E-state index contributed by atoms with van der Waals surface area (Å²) in [6.07, 6.45) is 1.69. The second kappa shape index (κ2) is 4.44. The second-order valence-electron chi connectivity index (χ2n) is 4.86. The molecule has 4 aromatic rings. The summed E-state index contributed by atoms with van der Waals surface area (Å²) >= 11 is 3.38. The van der Waals surface area contributed by atoms with Gasteiger partial charge in [0.2, 0.25) is 0 Å². The summed E-state index contributed by atoms with van der Waals surface area (Å²) in [5.41, 5.74) is 0.433. The topological polar surface area (TPSA) is 85.3 Å². The van der Waals surface area contributed by atoms with E-state index >= 15 is 0 Å². The van der Waals surface area contributed by atoms with Crippen LogP contribution in [0.1, 0.15) is 0 Å². The summed E-state index contributed by atoms with van der Waals surface area (Å²) in [5, 5.41) is 0. The van der Waals surface area contributed by atoms with Crippen LogP contribution in [-0.4, -0.2) is 18.9 Å². The quantitative estimate of drug-likeness (QED) is 0.561. The number of aromatic nitrogens is 4. The summed E-state index contributed by atoms with van der Waals surface area (Å²) in [6, 6.07) is 7.58. The van der Waals surface area contributed by atoms with Crippen LogP contribution in [0.5, 0.6) is 0 Å². The molecule has 0 saturated heterocycles. The fraction of sp³-hybridized carbons (Fsp3) is 0.0714. The molecular formula is C14H9BrN4O3. The molecule has 0 bridgehead atoms. The Kier molecular flexibility index (Phi) is 2.64. The lowest BCUT2D eigenvalue weighted by atomic mass is 10.2. The zero-order valence-electron chi connectivity index (χ0n) is 11.3. The maximum absolute atomic E-state index is 12.0. The molecule has 22 heavy (non-hydrogen) atoms. The van der Waals surface area contributed by atoms with Crippen LogP contribution in [-0.2, 0) is 7.05 Å². The van der Waals surface area contributed by atoms with Gasteiger partial charge in [0.25, 0.3) is 5.56 Å². The number of hydrogen-bond acceptors (Lipinski definition) is 4. The lowest BCUT2D eigenvalue weighted by molar-refractivity contribution is 0.610. The fourth-order valence-corrected chi connectivity index (χ4v) is 2.63. The van der Waals surface area contributed by atoms with E-state index in [4.69, 9.17) is 4.42 Å². The van der Waals surface area contributed by atoms with Crippen LogP contribution in [0.3, 0.4) is 0 Å². The van der Waals surface area contributed by atoms with Crippen molar-refractivity contribution in [2.75, 3.05) is 0 Å². The van der Waals surface area contributed by atoms with E-state index in [1.807, 2.05) is 24.3 Å². The molecule has 0 radical (unpaired) electrons. The standard InChI is InChI=1S/C14H9BrN4O3/c1-18-11-10(12(20)17-13(18)21)19-6-9(22-14(19)16-11)7-2-4-8(15)5-3-7/h2-6H,1H3,(H,17,20,21). The van der Waals surface area contributed by atoms with Gasteiger partial charge < -0.3 is 4.42 Å². The second-order valence-corrected chi connectivity index (χ2v) is 5.77. The van der Waals surface area contributed by atoms with Crippen LogP contribution in [0.2, 0.25) is 0 Å². The Hall–Kier alpha value is -2.61. The van der Waals surface area contributed by atoms with Crippen molar-refractivity contribution in [3.63, 3.8) is 0 Å². The van der Waals surface area contributed by atoms with Gasteiger partial charge in [-0.2, -0.15) is 4.98 Å². The third kappa shape index (κ3) is 1.77. The van der Waals surface area contributed by atoms with Gasteiger partial charge in [-0.05, 0) is 12.1 Å². The van der Waals surface area contributed by atoms with Gasteiger partial charge in [-0.3, -0.25) is 18.7 Å². The molecule has 0 aliphatic rings. The lowest BCUT2D eigenvalue weighted by Crippen LogP contribution is -2.28. The predicted octanol–water partition coefficient (Wildman–Crippen LogP) is 1.90. The van der Waals surface area contributed by atoms with Crippen molar-refractivity contribution in [1.29, 1.82) is 0 Å². The molecule has 0 unspecified atom stereocenters. The van der Waals surface area contributed by atoms with E-state index in [1.54, 1.807) is 17.6 Å². The minimum absolute atomic E-state index is 0.264. The Morgan fingerprint density at radius 3 is 2.68 bits per heavy atom. The van der Waals surface area contributed by atoms with Crippen LogP contribution in [0, 0.1) is 0 Å². The van der Waals surface area contributed by atoms with E-state index in [1.165, 1.54) is 4.57 Å². The van der Waals surface area contributed by atoms with E-state index in [9.17, 15) is 9.59 Å². The van der Waals surface area contributed by atoms with Crippen molar-refractivity contribution in [2.45, 2.75) is 0 Å². The predicted molar refractivity (Wildman–Crippen MR) is 84.0 cm³/mol. The fourth-order valence-electron chi connectivity index (χ4n) is 2.36. The summed E-state index contributed by atoms with van der Waals surface area (Å²) in [6.45, 7) is 0. The number of nitrogens with one attached hydrogen (secondary N) is 1. The highest BCUT2D eigenvalue weighted by Crippen LogP contribution is 2.25. The minimum Gasteiger partial charge on any atom is -0.423 e. The van der Waals surface area contributed by atoms with Gasteiger partial charge in [-0.1, -0.05) is 28.1 Å². The molecule has 110 valence electrons. The van der Waals surface area contributed by atoms with Gasteiger partial charge in [0.1, 0.15) is 0 Å². The van der Waals surface area contributed by atoms with Crippen molar-refractivity contribution in [1.82, 2.24) is 18.9 Å². The van der Waals surface area contributed by atoms with Crippen molar-refractivity contribution in [2.24, 2.45) is 7.05 Å². The van der Waals surface area contributed by atoms with E-state index in [0.29, 0.717) is 5.76 Å². The van der Waals surface area contributed by atoms with Crippen LogP contribution in [0.15, 0.2) is 48.9 Å². The van der Waals surface area contributed by atoms with Gasteiger partial charge in [0.15, 0.2) is 16.9 Å². The number of rotatable bonds is 1. The molecule has 0 fully saturated rings. The molecule has 3 aromatic heterocycles. The maximum atomic E-state index is 12.0. The molecule has 0 spiro atoms. The molecule has 0 aliphatic heterocycles. The first kappa shape index (κ1) is 13.1. The zero-order chi connectivity index (χ0) is 15.4. The molecule has 0 atom stereocenters. The Balaban J connectivity index is 2.04. The summed E-state index contributed by atoms with van der Waals surface area (Å²) in [4.78, 5) is 30.1. The van der Waals surface area contributed by atoms with Crippen LogP contribution < -0.4 is 11.2 Å². The van der Waals surface area contributed by atoms with E-state index in [0.717, 1.165) is 10.0 Å². The Morgan fingerprint density at radius 2 is 1.95 bits per heavy atom. The number of benzene rings is 1. The normalized spacial score (nSPS) is 11.5. The van der Waals surface area contributed by atoms with Crippen molar-refractivity contribution >= 4 is 32.9 Å². The van der Waals surface area contributed by atoms with Gasteiger partial charge in [-0.15, -0.1) is 0 Å². The minimum atomic E-state index is -0.508. The number of nitrogens with zero attached hydrogens (tertiary/aromatic N) is 3. The third-order valence-electron chi connectivity index (χ3n) is 3.49. The first-order valence-corrected chi connectivity index (χ1v) is 7.21. The highest BCUT2D eigenvalue weighted by Gasteiger charge is 2.16. The molecule has 8 heteroatoms. The zero-order valence-corrected chi connectivity index (χ0v) is 12.9. The summed E-state index contributed by atoms with van der Waals surface area (Å²) < 4.78 is 9.48. The maximum Gasteiger partial charge on any atom is 0.329 e. The Morgan fingerprint density at radius 1 is 1.23 bits per heavy atom.